The molecule has 2 unspecified atom stereocenters. The van der Waals surface area contributed by atoms with Crippen molar-refractivity contribution in [1.29, 1.82) is 0 Å². The molecule has 0 fully saturated rings. The Morgan fingerprint density at radius 3 is 2.29 bits per heavy atom. The third-order valence-corrected chi connectivity index (χ3v) is 5.68. The maximum absolute atomic E-state index is 12.9. The van der Waals surface area contributed by atoms with Crippen LogP contribution < -0.4 is 22.1 Å². The number of aromatic amines is 1. The summed E-state index contributed by atoms with van der Waals surface area (Å²) < 4.78 is 0. The number of amides is 4. The van der Waals surface area contributed by atoms with E-state index < -0.39 is 53.0 Å². The van der Waals surface area contributed by atoms with Crippen LogP contribution >= 0.6 is 11.8 Å². The molecule has 0 radical (unpaired) electrons. The lowest BCUT2D eigenvalue weighted by Gasteiger charge is -2.22. The van der Waals surface area contributed by atoms with Crippen molar-refractivity contribution in [2.24, 2.45) is 11.5 Å². The number of nitrogens with two attached hydrogens (primary N) is 2. The quantitative estimate of drug-likeness (QED) is 0.140. The van der Waals surface area contributed by atoms with Gasteiger partial charge in [-0.25, -0.2) is 14.7 Å². The van der Waals surface area contributed by atoms with E-state index in [-0.39, 0.29) is 38.0 Å². The van der Waals surface area contributed by atoms with Gasteiger partial charge in [0, 0.05) is 50.5 Å². The molecule has 0 aromatic carbocycles. The Bertz CT molecular complexity index is 911. The highest BCUT2D eigenvalue weighted by atomic mass is 32.2. The normalized spacial score (nSPS) is 13.2. The number of carbonyl (C=O) groups is 6. The molecule has 1 aromatic heterocycles. The van der Waals surface area contributed by atoms with Crippen molar-refractivity contribution in [2.45, 2.75) is 43.8 Å². The summed E-state index contributed by atoms with van der Waals surface area (Å²) in [7, 11) is 0.977. The fraction of sp³-hybridized carbons (Fsp3) is 0.526. The minimum Gasteiger partial charge on any atom is -0.480 e. The Labute approximate surface area is 204 Å². The molecule has 0 saturated heterocycles. The maximum Gasteiger partial charge on any atom is 0.413 e. The lowest BCUT2D eigenvalue weighted by Crippen LogP contribution is -2.51. The van der Waals surface area contributed by atoms with Gasteiger partial charge < -0.3 is 37.3 Å². The van der Waals surface area contributed by atoms with Crippen LogP contribution in [0.25, 0.3) is 0 Å². The number of nitrogens with zero attached hydrogens (tertiary/aromatic N) is 2. The number of carboxylic acids is 1. The van der Waals surface area contributed by atoms with Gasteiger partial charge in [0.25, 0.3) is 5.91 Å². The van der Waals surface area contributed by atoms with E-state index in [1.807, 2.05) is 0 Å². The summed E-state index contributed by atoms with van der Waals surface area (Å²) in [5, 5.41) is 22.2. The standard InChI is InChI=1S/C19H29N7O8S/c1-26(19(33)34)16(29)13(25-14(27)3-2-11(21)17(30)31)8-35-18(32)12(24-15(28)4-5-20)6-10-7-22-9-23-10/h7,9,11-13H,2-6,8,20-21H2,1H3,(H,22,23)(H,24,28)(H,25,27)(H,30,31)(H,33,34)/t11?,12-,13?/m0/s1. The number of carboxylic acid groups (broad SMARTS) is 2. The van der Waals surface area contributed by atoms with E-state index in [1.54, 1.807) is 0 Å². The number of hydrogen-bond donors (Lipinski definition) is 7. The molecule has 0 saturated carbocycles. The van der Waals surface area contributed by atoms with E-state index >= 15 is 0 Å². The molecule has 1 aromatic rings. The number of aromatic nitrogens is 2. The predicted molar refractivity (Wildman–Crippen MR) is 123 cm³/mol. The first-order valence-corrected chi connectivity index (χ1v) is 11.4. The largest absolute Gasteiger partial charge is 0.480 e. The van der Waals surface area contributed by atoms with E-state index in [0.29, 0.717) is 22.4 Å². The summed E-state index contributed by atoms with van der Waals surface area (Å²) >= 11 is 0.610. The van der Waals surface area contributed by atoms with Gasteiger partial charge in [-0.1, -0.05) is 11.8 Å². The van der Waals surface area contributed by atoms with Crippen molar-refractivity contribution in [3.63, 3.8) is 0 Å². The van der Waals surface area contributed by atoms with Gasteiger partial charge in [0.1, 0.15) is 18.1 Å². The zero-order valence-electron chi connectivity index (χ0n) is 18.9. The van der Waals surface area contributed by atoms with Crippen molar-refractivity contribution < 1.29 is 39.0 Å². The van der Waals surface area contributed by atoms with Gasteiger partial charge in [-0.2, -0.15) is 0 Å². The van der Waals surface area contributed by atoms with Gasteiger partial charge >= 0.3 is 12.1 Å². The summed E-state index contributed by atoms with van der Waals surface area (Å²) in [5.41, 5.74) is 11.3. The van der Waals surface area contributed by atoms with E-state index in [0.717, 1.165) is 7.05 Å². The molecule has 1 heterocycles. The van der Waals surface area contributed by atoms with Crippen LogP contribution in [0.4, 0.5) is 4.79 Å². The van der Waals surface area contributed by atoms with Crippen LogP contribution in [0, 0.1) is 0 Å². The van der Waals surface area contributed by atoms with Crippen molar-refractivity contribution in [2.75, 3.05) is 19.3 Å². The highest BCUT2D eigenvalue weighted by molar-refractivity contribution is 8.13. The first-order chi connectivity index (χ1) is 16.5. The molecular formula is C19H29N7O8S. The number of hydrogen-bond acceptors (Lipinski definition) is 10. The van der Waals surface area contributed by atoms with Crippen molar-refractivity contribution in [1.82, 2.24) is 25.5 Å². The van der Waals surface area contributed by atoms with Crippen LogP contribution in [-0.4, -0.2) is 97.5 Å². The number of carbonyl (C=O) groups excluding carboxylic acids is 4. The summed E-state index contributed by atoms with van der Waals surface area (Å²) in [6.07, 6.45) is 0.771. The average molecular weight is 516 g/mol. The van der Waals surface area contributed by atoms with Crippen LogP contribution in [0.3, 0.4) is 0 Å². The Morgan fingerprint density at radius 2 is 1.74 bits per heavy atom. The van der Waals surface area contributed by atoms with Crippen molar-refractivity contribution in [3.05, 3.63) is 18.2 Å². The van der Waals surface area contributed by atoms with Gasteiger partial charge in [-0.15, -0.1) is 0 Å². The van der Waals surface area contributed by atoms with E-state index in [4.69, 9.17) is 21.7 Å². The molecule has 0 aliphatic heterocycles. The average Bonchev–Trinajstić information content (AvgIpc) is 3.31. The molecule has 35 heavy (non-hydrogen) atoms. The second-order valence-electron chi connectivity index (χ2n) is 7.35. The van der Waals surface area contributed by atoms with Gasteiger partial charge in [0.05, 0.1) is 6.33 Å². The zero-order valence-corrected chi connectivity index (χ0v) is 19.7. The molecule has 194 valence electrons. The molecule has 3 atom stereocenters. The summed E-state index contributed by atoms with van der Waals surface area (Å²) in [4.78, 5) is 78.7. The van der Waals surface area contributed by atoms with Gasteiger partial charge in [0.2, 0.25) is 16.9 Å². The number of aliphatic carboxylic acids is 1. The SMILES string of the molecule is CN(C(=O)O)C(=O)C(CSC(=O)[C@H](Cc1cnc[nH]1)NC(=O)CCN)NC(=O)CCC(N)C(=O)O. The fourth-order valence-electron chi connectivity index (χ4n) is 2.65. The first-order valence-electron chi connectivity index (χ1n) is 10.4. The molecule has 0 aliphatic rings. The first kappa shape index (κ1) is 29.5. The summed E-state index contributed by atoms with van der Waals surface area (Å²) in [6.45, 7) is 0.0691. The van der Waals surface area contributed by atoms with Crippen LogP contribution in [0.15, 0.2) is 12.5 Å². The Hall–Kier alpha value is -3.50. The number of rotatable bonds is 14. The van der Waals surface area contributed by atoms with Gasteiger partial charge in [0.15, 0.2) is 0 Å². The predicted octanol–water partition coefficient (Wildman–Crippen LogP) is -2.14. The highest BCUT2D eigenvalue weighted by Gasteiger charge is 2.30. The van der Waals surface area contributed by atoms with Crippen LogP contribution in [0.5, 0.6) is 0 Å². The third-order valence-electron chi connectivity index (χ3n) is 4.61. The Balaban J connectivity index is 2.91. The van der Waals surface area contributed by atoms with E-state index in [1.165, 1.54) is 12.5 Å². The van der Waals surface area contributed by atoms with E-state index in [2.05, 4.69) is 20.6 Å². The summed E-state index contributed by atoms with van der Waals surface area (Å²) in [5.74, 6) is -3.88. The van der Waals surface area contributed by atoms with Crippen molar-refractivity contribution in [3.8, 4) is 0 Å². The minimum absolute atomic E-state index is 0.0174. The second kappa shape index (κ2) is 14.7. The molecular weight excluding hydrogens is 486 g/mol. The van der Waals surface area contributed by atoms with Gasteiger partial charge in [-0.3, -0.25) is 24.0 Å². The Kier molecular flexibility index (Phi) is 12.4. The highest BCUT2D eigenvalue weighted by Crippen LogP contribution is 2.13. The molecule has 4 amide bonds. The van der Waals surface area contributed by atoms with Crippen LogP contribution in [0.2, 0.25) is 0 Å². The molecule has 16 heteroatoms. The lowest BCUT2D eigenvalue weighted by atomic mass is 10.1. The van der Waals surface area contributed by atoms with Crippen molar-refractivity contribution >= 4 is 46.7 Å². The number of thioether (sulfide) groups is 1. The second-order valence-corrected chi connectivity index (χ2v) is 8.38. The molecule has 0 spiro atoms. The number of nitrogens with one attached hydrogen (secondary N) is 3. The van der Waals surface area contributed by atoms with E-state index in [9.17, 15) is 28.8 Å². The fourth-order valence-corrected chi connectivity index (χ4v) is 3.55. The monoisotopic (exact) mass is 515 g/mol. The molecule has 15 nitrogen and oxygen atoms in total. The Morgan fingerprint density at radius 1 is 1.11 bits per heavy atom. The number of imide groups is 1. The zero-order chi connectivity index (χ0) is 26.5. The number of imidazole rings is 1. The lowest BCUT2D eigenvalue weighted by molar-refractivity contribution is -0.139. The van der Waals surface area contributed by atoms with Gasteiger partial charge in [-0.05, 0) is 6.42 Å². The number of H-pyrrole nitrogens is 1. The maximum atomic E-state index is 12.9. The topological polar surface area (TPSA) is 251 Å². The third kappa shape index (κ3) is 10.5. The van der Waals surface area contributed by atoms with Crippen LogP contribution in [-0.2, 0) is 30.4 Å². The minimum atomic E-state index is -1.58. The number of likely N-dealkylation sites (N-methyl/N-ethyl adjacent to an activating group) is 1. The molecule has 9 N–H and O–H groups in total. The molecule has 1 rings (SSSR count). The summed E-state index contributed by atoms with van der Waals surface area (Å²) in [6, 6.07) is -3.74. The van der Waals surface area contributed by atoms with Crippen LogP contribution in [0.1, 0.15) is 25.0 Å². The molecule has 0 bridgehead atoms. The molecule has 0 aliphatic carbocycles. The smallest absolute Gasteiger partial charge is 0.413 e.